The summed E-state index contributed by atoms with van der Waals surface area (Å²) in [6.07, 6.45) is 8.24. The SMILES string of the molecule is COc1ccc(CCCNCCCNCCCNCCCCNCCCN)cc1. The quantitative estimate of drug-likeness (QED) is 0.200. The summed E-state index contributed by atoms with van der Waals surface area (Å²) in [6, 6.07) is 8.38. The molecule has 0 atom stereocenters. The second kappa shape index (κ2) is 20.1. The van der Waals surface area contributed by atoms with E-state index in [1.165, 1.54) is 37.7 Å². The smallest absolute Gasteiger partial charge is 0.118 e. The fraction of sp³-hybridized carbons (Fsp3) is 0.739. The van der Waals surface area contributed by atoms with E-state index in [9.17, 15) is 0 Å². The normalized spacial score (nSPS) is 11.1. The highest BCUT2D eigenvalue weighted by Gasteiger charge is 1.96. The molecule has 0 amide bonds. The number of rotatable bonds is 21. The maximum atomic E-state index is 5.46. The van der Waals surface area contributed by atoms with Crippen LogP contribution in [0.2, 0.25) is 0 Å². The first-order valence-electron chi connectivity index (χ1n) is 11.5. The molecule has 0 aliphatic rings. The lowest BCUT2D eigenvalue weighted by molar-refractivity contribution is 0.414. The van der Waals surface area contributed by atoms with E-state index in [2.05, 4.69) is 33.4 Å². The molecular formula is C23H45N5O. The van der Waals surface area contributed by atoms with Gasteiger partial charge >= 0.3 is 0 Å². The van der Waals surface area contributed by atoms with Crippen molar-refractivity contribution >= 4 is 0 Å². The highest BCUT2D eigenvalue weighted by molar-refractivity contribution is 5.27. The monoisotopic (exact) mass is 407 g/mol. The Hall–Kier alpha value is -1.18. The highest BCUT2D eigenvalue weighted by Crippen LogP contribution is 2.12. The third kappa shape index (κ3) is 16.3. The number of benzene rings is 1. The topological polar surface area (TPSA) is 83.4 Å². The molecule has 1 aromatic carbocycles. The van der Waals surface area contributed by atoms with Crippen molar-refractivity contribution in [1.29, 1.82) is 0 Å². The number of unbranched alkanes of at least 4 members (excludes halogenated alkanes) is 1. The van der Waals surface area contributed by atoms with Crippen molar-refractivity contribution in [3.8, 4) is 5.75 Å². The Labute approximate surface area is 178 Å². The Morgan fingerprint density at radius 1 is 0.621 bits per heavy atom. The van der Waals surface area contributed by atoms with Crippen molar-refractivity contribution in [2.45, 2.75) is 44.9 Å². The zero-order chi connectivity index (χ0) is 20.8. The Kier molecular flexibility index (Phi) is 17.9. The zero-order valence-electron chi connectivity index (χ0n) is 18.6. The molecule has 1 rings (SSSR count). The summed E-state index contributed by atoms with van der Waals surface area (Å²) in [7, 11) is 1.71. The fourth-order valence-corrected chi connectivity index (χ4v) is 3.11. The molecule has 0 bridgehead atoms. The molecule has 0 aromatic heterocycles. The molecule has 1 aromatic rings. The molecule has 0 aliphatic heterocycles. The molecule has 0 unspecified atom stereocenters. The van der Waals surface area contributed by atoms with Crippen molar-refractivity contribution < 1.29 is 4.74 Å². The number of methoxy groups -OCH3 is 1. The van der Waals surface area contributed by atoms with Gasteiger partial charge in [0.05, 0.1) is 7.11 Å². The van der Waals surface area contributed by atoms with Crippen LogP contribution < -0.4 is 31.7 Å². The van der Waals surface area contributed by atoms with E-state index in [1.807, 2.05) is 12.1 Å². The average molecular weight is 408 g/mol. The van der Waals surface area contributed by atoms with Gasteiger partial charge in [0.25, 0.3) is 0 Å². The molecule has 0 saturated heterocycles. The molecule has 0 heterocycles. The van der Waals surface area contributed by atoms with Gasteiger partial charge < -0.3 is 31.7 Å². The highest BCUT2D eigenvalue weighted by atomic mass is 16.5. The first-order valence-corrected chi connectivity index (χ1v) is 11.5. The van der Waals surface area contributed by atoms with Gasteiger partial charge in [-0.3, -0.25) is 0 Å². The molecular weight excluding hydrogens is 362 g/mol. The van der Waals surface area contributed by atoms with Gasteiger partial charge in [0.1, 0.15) is 5.75 Å². The van der Waals surface area contributed by atoms with Gasteiger partial charge in [-0.25, -0.2) is 0 Å². The zero-order valence-corrected chi connectivity index (χ0v) is 18.6. The van der Waals surface area contributed by atoms with Crippen molar-refractivity contribution in [3.05, 3.63) is 29.8 Å². The summed E-state index contributed by atoms with van der Waals surface area (Å²) in [6.45, 7) is 9.55. The molecule has 0 radical (unpaired) electrons. The Morgan fingerprint density at radius 3 is 1.55 bits per heavy atom. The van der Waals surface area contributed by atoms with E-state index in [0.717, 1.165) is 77.5 Å². The number of hydrogen-bond acceptors (Lipinski definition) is 6. The van der Waals surface area contributed by atoms with Crippen LogP contribution in [0, 0.1) is 0 Å². The van der Waals surface area contributed by atoms with E-state index in [0.29, 0.717) is 0 Å². The summed E-state index contributed by atoms with van der Waals surface area (Å²) in [4.78, 5) is 0. The summed E-state index contributed by atoms with van der Waals surface area (Å²) in [5.74, 6) is 0.928. The molecule has 6 N–H and O–H groups in total. The van der Waals surface area contributed by atoms with Crippen molar-refractivity contribution in [3.63, 3.8) is 0 Å². The predicted octanol–water partition coefficient (Wildman–Crippen LogP) is 1.90. The molecule has 0 spiro atoms. The second-order valence-electron chi connectivity index (χ2n) is 7.51. The van der Waals surface area contributed by atoms with Crippen LogP contribution in [0.1, 0.15) is 44.1 Å². The number of aryl methyl sites for hydroxylation is 1. The summed E-state index contributed by atoms with van der Waals surface area (Å²) in [5.41, 5.74) is 6.84. The Balaban J connectivity index is 1.72. The van der Waals surface area contributed by atoms with Crippen molar-refractivity contribution in [1.82, 2.24) is 21.3 Å². The van der Waals surface area contributed by atoms with Gasteiger partial charge in [-0.1, -0.05) is 12.1 Å². The first kappa shape index (κ1) is 25.9. The summed E-state index contributed by atoms with van der Waals surface area (Å²) < 4.78 is 5.19. The summed E-state index contributed by atoms with van der Waals surface area (Å²) in [5, 5.41) is 14.0. The van der Waals surface area contributed by atoms with E-state index >= 15 is 0 Å². The van der Waals surface area contributed by atoms with Crippen LogP contribution in [-0.4, -0.2) is 66.0 Å². The van der Waals surface area contributed by atoms with Gasteiger partial charge in [-0.05, 0) is 122 Å². The van der Waals surface area contributed by atoms with Gasteiger partial charge in [0.2, 0.25) is 0 Å². The molecule has 168 valence electrons. The van der Waals surface area contributed by atoms with E-state index in [4.69, 9.17) is 10.5 Å². The molecule has 6 heteroatoms. The van der Waals surface area contributed by atoms with Crippen LogP contribution in [0.4, 0.5) is 0 Å². The average Bonchev–Trinajstić information content (AvgIpc) is 2.75. The lowest BCUT2D eigenvalue weighted by Crippen LogP contribution is -2.26. The Morgan fingerprint density at radius 2 is 1.07 bits per heavy atom. The lowest BCUT2D eigenvalue weighted by Gasteiger charge is -2.08. The van der Waals surface area contributed by atoms with Crippen LogP contribution in [0.25, 0.3) is 0 Å². The van der Waals surface area contributed by atoms with Crippen LogP contribution in [0.3, 0.4) is 0 Å². The van der Waals surface area contributed by atoms with Crippen LogP contribution in [0.15, 0.2) is 24.3 Å². The van der Waals surface area contributed by atoms with Crippen LogP contribution in [-0.2, 0) is 6.42 Å². The number of nitrogens with one attached hydrogen (secondary N) is 4. The standard InChI is InChI=1S/C23H45N5O/c1-29-23-11-9-22(10-12-23)8-4-16-27-19-7-21-28-20-6-18-26-15-3-2-14-25-17-5-13-24/h9-12,25-28H,2-8,13-21,24H2,1H3. The molecule has 0 fully saturated rings. The first-order chi connectivity index (χ1) is 14.4. The van der Waals surface area contributed by atoms with Crippen LogP contribution >= 0.6 is 0 Å². The van der Waals surface area contributed by atoms with E-state index < -0.39 is 0 Å². The van der Waals surface area contributed by atoms with Crippen molar-refractivity contribution in [2.24, 2.45) is 5.73 Å². The number of hydrogen-bond donors (Lipinski definition) is 5. The largest absolute Gasteiger partial charge is 0.497 e. The van der Waals surface area contributed by atoms with Gasteiger partial charge in [0, 0.05) is 0 Å². The maximum absolute atomic E-state index is 5.46. The molecule has 29 heavy (non-hydrogen) atoms. The van der Waals surface area contributed by atoms with E-state index in [-0.39, 0.29) is 0 Å². The number of ether oxygens (including phenoxy) is 1. The minimum atomic E-state index is 0.782. The van der Waals surface area contributed by atoms with Crippen molar-refractivity contribution in [2.75, 3.05) is 66.0 Å². The second-order valence-corrected chi connectivity index (χ2v) is 7.51. The minimum absolute atomic E-state index is 0.782. The fourth-order valence-electron chi connectivity index (χ4n) is 3.11. The predicted molar refractivity (Wildman–Crippen MR) is 125 cm³/mol. The van der Waals surface area contributed by atoms with Crippen LogP contribution in [0.5, 0.6) is 5.75 Å². The number of nitrogens with two attached hydrogens (primary N) is 1. The van der Waals surface area contributed by atoms with Gasteiger partial charge in [0.15, 0.2) is 0 Å². The van der Waals surface area contributed by atoms with E-state index in [1.54, 1.807) is 7.11 Å². The maximum Gasteiger partial charge on any atom is 0.118 e. The molecule has 6 nitrogen and oxygen atoms in total. The minimum Gasteiger partial charge on any atom is -0.497 e. The third-order valence-corrected chi connectivity index (χ3v) is 4.91. The lowest BCUT2D eigenvalue weighted by atomic mass is 10.1. The molecule has 0 aliphatic carbocycles. The Bertz CT molecular complexity index is 455. The van der Waals surface area contributed by atoms with Gasteiger partial charge in [-0.15, -0.1) is 0 Å². The van der Waals surface area contributed by atoms with Gasteiger partial charge in [-0.2, -0.15) is 0 Å². The molecule has 0 saturated carbocycles. The summed E-state index contributed by atoms with van der Waals surface area (Å²) >= 11 is 0. The third-order valence-electron chi connectivity index (χ3n) is 4.91.